The number of ether oxygens (including phenoxy) is 1. The van der Waals surface area contributed by atoms with Crippen molar-refractivity contribution in [2.75, 3.05) is 13.2 Å². The first kappa shape index (κ1) is 11.9. The van der Waals surface area contributed by atoms with Crippen LogP contribution in [0.1, 0.15) is 5.56 Å². The van der Waals surface area contributed by atoms with Gasteiger partial charge in [-0.2, -0.15) is 0 Å². The lowest BCUT2D eigenvalue weighted by molar-refractivity contribution is 0.0501. The van der Waals surface area contributed by atoms with Crippen LogP contribution in [0.2, 0.25) is 0 Å². The summed E-state index contributed by atoms with van der Waals surface area (Å²) in [6.45, 7) is 0.673. The molecule has 0 aliphatic rings. The number of hydrogen-bond acceptors (Lipinski definition) is 3. The third-order valence-electron chi connectivity index (χ3n) is 1.86. The highest BCUT2D eigenvalue weighted by Crippen LogP contribution is 2.01. The molecule has 0 spiro atoms. The van der Waals surface area contributed by atoms with Crippen molar-refractivity contribution in [2.24, 2.45) is 0 Å². The zero-order valence-electron chi connectivity index (χ0n) is 8.54. The predicted octanol–water partition coefficient (Wildman–Crippen LogP) is 1.11. The largest absolute Gasteiger partial charge is 0.392 e. The van der Waals surface area contributed by atoms with E-state index in [-0.39, 0.29) is 13.2 Å². The van der Waals surface area contributed by atoms with E-state index in [1.165, 1.54) is 12.2 Å². The van der Waals surface area contributed by atoms with E-state index in [4.69, 9.17) is 9.84 Å². The van der Waals surface area contributed by atoms with Crippen LogP contribution in [0.5, 0.6) is 0 Å². The van der Waals surface area contributed by atoms with E-state index in [1.54, 1.807) is 0 Å². The first-order chi connectivity index (χ1) is 7.33. The Hall–Kier alpha value is -1.16. The SMILES string of the molecule is OCC=CC(O)COCc1ccccc1. The molecule has 1 rings (SSSR count). The maximum atomic E-state index is 9.34. The smallest absolute Gasteiger partial charge is 0.0955 e. The van der Waals surface area contributed by atoms with Gasteiger partial charge in [-0.1, -0.05) is 42.5 Å². The van der Waals surface area contributed by atoms with Crippen LogP contribution in [0.25, 0.3) is 0 Å². The van der Waals surface area contributed by atoms with Crippen LogP contribution in [0.3, 0.4) is 0 Å². The van der Waals surface area contributed by atoms with Gasteiger partial charge in [-0.15, -0.1) is 0 Å². The molecule has 0 radical (unpaired) electrons. The molecular weight excluding hydrogens is 192 g/mol. The number of rotatable bonds is 6. The van der Waals surface area contributed by atoms with Crippen LogP contribution in [0, 0.1) is 0 Å². The fraction of sp³-hybridized carbons (Fsp3) is 0.333. The Labute approximate surface area is 89.6 Å². The topological polar surface area (TPSA) is 49.7 Å². The van der Waals surface area contributed by atoms with Crippen molar-refractivity contribution in [1.82, 2.24) is 0 Å². The molecule has 0 saturated heterocycles. The maximum Gasteiger partial charge on any atom is 0.0955 e. The second-order valence-corrected chi connectivity index (χ2v) is 3.18. The molecule has 3 nitrogen and oxygen atoms in total. The molecule has 0 fully saturated rings. The van der Waals surface area contributed by atoms with Gasteiger partial charge in [0.05, 0.1) is 25.9 Å². The fourth-order valence-corrected chi connectivity index (χ4v) is 1.15. The lowest BCUT2D eigenvalue weighted by atomic mass is 10.2. The summed E-state index contributed by atoms with van der Waals surface area (Å²) in [4.78, 5) is 0. The number of aliphatic hydroxyl groups is 2. The van der Waals surface area contributed by atoms with Crippen molar-refractivity contribution >= 4 is 0 Å². The van der Waals surface area contributed by atoms with Crippen LogP contribution >= 0.6 is 0 Å². The molecule has 1 atom stereocenters. The summed E-state index contributed by atoms with van der Waals surface area (Å²) in [6, 6.07) is 9.77. The first-order valence-corrected chi connectivity index (χ1v) is 4.90. The van der Waals surface area contributed by atoms with E-state index >= 15 is 0 Å². The molecule has 2 N–H and O–H groups in total. The van der Waals surface area contributed by atoms with Gasteiger partial charge in [0.25, 0.3) is 0 Å². The Balaban J connectivity index is 2.19. The van der Waals surface area contributed by atoms with E-state index < -0.39 is 6.10 Å². The summed E-state index contributed by atoms with van der Waals surface area (Å²) in [5.74, 6) is 0. The average Bonchev–Trinajstić information content (AvgIpc) is 2.28. The Kier molecular flexibility index (Phi) is 5.70. The molecule has 0 heterocycles. The zero-order chi connectivity index (χ0) is 10.9. The minimum atomic E-state index is -0.652. The van der Waals surface area contributed by atoms with E-state index in [0.717, 1.165) is 5.56 Å². The predicted molar refractivity (Wildman–Crippen MR) is 58.3 cm³/mol. The van der Waals surface area contributed by atoms with E-state index in [2.05, 4.69) is 0 Å². The van der Waals surface area contributed by atoms with Gasteiger partial charge in [0.15, 0.2) is 0 Å². The van der Waals surface area contributed by atoms with Crippen molar-refractivity contribution < 1.29 is 14.9 Å². The zero-order valence-corrected chi connectivity index (χ0v) is 8.54. The van der Waals surface area contributed by atoms with Crippen molar-refractivity contribution in [1.29, 1.82) is 0 Å². The Morgan fingerprint density at radius 1 is 1.27 bits per heavy atom. The summed E-state index contributed by atoms with van der Waals surface area (Å²) >= 11 is 0. The van der Waals surface area contributed by atoms with Gasteiger partial charge in [0, 0.05) is 0 Å². The lowest BCUT2D eigenvalue weighted by Crippen LogP contribution is -2.12. The molecule has 0 aliphatic heterocycles. The van der Waals surface area contributed by atoms with Crippen molar-refractivity contribution in [3.63, 3.8) is 0 Å². The standard InChI is InChI=1S/C12H16O3/c13-8-4-7-12(14)10-15-9-11-5-2-1-3-6-11/h1-7,12-14H,8-10H2. The van der Waals surface area contributed by atoms with Gasteiger partial charge in [0.1, 0.15) is 0 Å². The number of benzene rings is 1. The minimum Gasteiger partial charge on any atom is -0.392 e. The lowest BCUT2D eigenvalue weighted by Gasteiger charge is -2.07. The Morgan fingerprint density at radius 2 is 2.00 bits per heavy atom. The van der Waals surface area contributed by atoms with E-state index in [1.807, 2.05) is 30.3 Å². The number of hydrogen-bond donors (Lipinski definition) is 2. The first-order valence-electron chi connectivity index (χ1n) is 4.90. The monoisotopic (exact) mass is 208 g/mol. The Morgan fingerprint density at radius 3 is 2.67 bits per heavy atom. The molecule has 0 bridgehead atoms. The van der Waals surface area contributed by atoms with E-state index in [0.29, 0.717) is 6.61 Å². The van der Waals surface area contributed by atoms with Gasteiger partial charge < -0.3 is 14.9 Å². The summed E-state index contributed by atoms with van der Waals surface area (Å²) in [5.41, 5.74) is 1.08. The van der Waals surface area contributed by atoms with Crippen LogP contribution < -0.4 is 0 Å². The highest BCUT2D eigenvalue weighted by molar-refractivity contribution is 5.13. The third kappa shape index (κ3) is 5.32. The second-order valence-electron chi connectivity index (χ2n) is 3.18. The van der Waals surface area contributed by atoms with Crippen LogP contribution in [-0.4, -0.2) is 29.5 Å². The summed E-state index contributed by atoms with van der Waals surface area (Å²) in [5, 5.41) is 17.8. The number of aliphatic hydroxyl groups excluding tert-OH is 2. The molecule has 15 heavy (non-hydrogen) atoms. The molecule has 1 aromatic rings. The molecule has 0 aromatic heterocycles. The molecule has 0 amide bonds. The molecule has 1 aromatic carbocycles. The van der Waals surface area contributed by atoms with Crippen molar-refractivity contribution in [3.05, 3.63) is 48.0 Å². The summed E-state index contributed by atoms with van der Waals surface area (Å²) in [6.07, 6.45) is 2.36. The van der Waals surface area contributed by atoms with Crippen LogP contribution in [0.4, 0.5) is 0 Å². The highest BCUT2D eigenvalue weighted by atomic mass is 16.5. The van der Waals surface area contributed by atoms with Crippen LogP contribution in [-0.2, 0) is 11.3 Å². The quantitative estimate of drug-likeness (QED) is 0.689. The van der Waals surface area contributed by atoms with E-state index in [9.17, 15) is 5.11 Å². The molecule has 82 valence electrons. The minimum absolute atomic E-state index is 0.0598. The van der Waals surface area contributed by atoms with Gasteiger partial charge in [-0.05, 0) is 5.56 Å². The van der Waals surface area contributed by atoms with Gasteiger partial charge in [0.2, 0.25) is 0 Å². The van der Waals surface area contributed by atoms with Crippen LogP contribution in [0.15, 0.2) is 42.5 Å². The molecule has 3 heteroatoms. The highest BCUT2D eigenvalue weighted by Gasteiger charge is 1.98. The average molecular weight is 208 g/mol. The van der Waals surface area contributed by atoms with Gasteiger partial charge in [-0.25, -0.2) is 0 Å². The summed E-state index contributed by atoms with van der Waals surface area (Å²) in [7, 11) is 0. The second kappa shape index (κ2) is 7.17. The molecule has 1 unspecified atom stereocenters. The summed E-state index contributed by atoms with van der Waals surface area (Å²) < 4.78 is 5.30. The fourth-order valence-electron chi connectivity index (χ4n) is 1.15. The van der Waals surface area contributed by atoms with Gasteiger partial charge in [-0.3, -0.25) is 0 Å². The van der Waals surface area contributed by atoms with Gasteiger partial charge >= 0.3 is 0 Å². The van der Waals surface area contributed by atoms with Crippen molar-refractivity contribution in [2.45, 2.75) is 12.7 Å². The normalized spacial score (nSPS) is 13.2. The maximum absolute atomic E-state index is 9.34. The molecule has 0 saturated carbocycles. The Bertz CT molecular complexity index is 282. The molecular formula is C12H16O3. The third-order valence-corrected chi connectivity index (χ3v) is 1.86. The molecule has 0 aliphatic carbocycles. The van der Waals surface area contributed by atoms with Crippen molar-refractivity contribution in [3.8, 4) is 0 Å².